The summed E-state index contributed by atoms with van der Waals surface area (Å²) >= 11 is 0. The quantitative estimate of drug-likeness (QED) is 0.787. The van der Waals surface area contributed by atoms with Crippen LogP contribution in [0.4, 0.5) is 0 Å². The zero-order valence-electron chi connectivity index (χ0n) is 12.2. The Bertz CT molecular complexity index is 448. The number of nitrogens with two attached hydrogens (primary N) is 1. The van der Waals surface area contributed by atoms with Gasteiger partial charge in [-0.05, 0) is 18.9 Å². The number of nitrogens with zero attached hydrogens (tertiary/aromatic N) is 1. The maximum Gasteiger partial charge on any atom is 0.307 e. The standard InChI is InChI=1S/C15H22N2O3/c1-11(9-14(18)20-3)17(2)15(19)13(16)10-12-7-5-4-6-8-12/h4-8,11,13H,9-10,16H2,1-3H3. The van der Waals surface area contributed by atoms with Gasteiger partial charge in [0, 0.05) is 13.1 Å². The van der Waals surface area contributed by atoms with Crippen molar-refractivity contribution in [3.05, 3.63) is 35.9 Å². The summed E-state index contributed by atoms with van der Waals surface area (Å²) in [5.41, 5.74) is 6.96. The monoisotopic (exact) mass is 278 g/mol. The summed E-state index contributed by atoms with van der Waals surface area (Å²) in [7, 11) is 2.98. The average molecular weight is 278 g/mol. The molecule has 2 N–H and O–H groups in total. The van der Waals surface area contributed by atoms with Crippen LogP contribution < -0.4 is 5.73 Å². The Morgan fingerprint density at radius 1 is 1.30 bits per heavy atom. The zero-order valence-corrected chi connectivity index (χ0v) is 12.2. The van der Waals surface area contributed by atoms with E-state index >= 15 is 0 Å². The van der Waals surface area contributed by atoms with E-state index in [9.17, 15) is 9.59 Å². The summed E-state index contributed by atoms with van der Waals surface area (Å²) in [5.74, 6) is -0.515. The molecule has 110 valence electrons. The molecule has 1 amide bonds. The van der Waals surface area contributed by atoms with Crippen LogP contribution in [0.3, 0.4) is 0 Å². The third kappa shape index (κ3) is 4.66. The van der Waals surface area contributed by atoms with E-state index in [1.54, 1.807) is 14.0 Å². The molecule has 2 atom stereocenters. The number of esters is 1. The molecule has 0 aliphatic heterocycles. The van der Waals surface area contributed by atoms with Gasteiger partial charge in [-0.2, -0.15) is 0 Å². The van der Waals surface area contributed by atoms with Crippen molar-refractivity contribution in [2.45, 2.75) is 31.8 Å². The average Bonchev–Trinajstić information content (AvgIpc) is 2.46. The maximum atomic E-state index is 12.2. The molecule has 0 heterocycles. The molecule has 1 aromatic rings. The van der Waals surface area contributed by atoms with Crippen LogP contribution in [0.25, 0.3) is 0 Å². The Hall–Kier alpha value is -1.88. The summed E-state index contributed by atoms with van der Waals surface area (Å²) in [6.07, 6.45) is 0.645. The molecule has 0 bridgehead atoms. The highest BCUT2D eigenvalue weighted by molar-refractivity contribution is 5.82. The van der Waals surface area contributed by atoms with Crippen LogP contribution in [0, 0.1) is 0 Å². The van der Waals surface area contributed by atoms with E-state index < -0.39 is 6.04 Å². The van der Waals surface area contributed by atoms with Gasteiger partial charge in [-0.3, -0.25) is 9.59 Å². The van der Waals surface area contributed by atoms with Crippen molar-refractivity contribution in [3.8, 4) is 0 Å². The van der Waals surface area contributed by atoms with Crippen molar-refractivity contribution >= 4 is 11.9 Å². The van der Waals surface area contributed by atoms with E-state index in [1.807, 2.05) is 30.3 Å². The van der Waals surface area contributed by atoms with Gasteiger partial charge in [0.2, 0.25) is 5.91 Å². The summed E-state index contributed by atoms with van der Waals surface area (Å²) in [4.78, 5) is 24.9. The topological polar surface area (TPSA) is 72.6 Å². The number of benzene rings is 1. The lowest BCUT2D eigenvalue weighted by Gasteiger charge is -2.27. The molecule has 0 saturated carbocycles. The maximum absolute atomic E-state index is 12.2. The van der Waals surface area contributed by atoms with Crippen LogP contribution in [-0.2, 0) is 20.7 Å². The molecule has 0 aromatic heterocycles. The third-order valence-corrected chi connectivity index (χ3v) is 3.31. The number of carbonyl (C=O) groups is 2. The van der Waals surface area contributed by atoms with E-state index in [2.05, 4.69) is 4.74 Å². The second-order valence-corrected chi connectivity index (χ2v) is 4.87. The second-order valence-electron chi connectivity index (χ2n) is 4.87. The lowest BCUT2D eigenvalue weighted by molar-refractivity contribution is -0.143. The van der Waals surface area contributed by atoms with Crippen LogP contribution in [0.5, 0.6) is 0 Å². The van der Waals surface area contributed by atoms with Crippen LogP contribution in [0.15, 0.2) is 30.3 Å². The van der Waals surface area contributed by atoms with Gasteiger partial charge < -0.3 is 15.4 Å². The Morgan fingerprint density at radius 3 is 2.45 bits per heavy atom. The number of carbonyl (C=O) groups excluding carboxylic acids is 2. The predicted octanol–water partition coefficient (Wildman–Crippen LogP) is 0.966. The van der Waals surface area contributed by atoms with Gasteiger partial charge >= 0.3 is 5.97 Å². The fourth-order valence-electron chi connectivity index (χ4n) is 1.90. The first kappa shape index (κ1) is 16.2. The molecular formula is C15H22N2O3. The van der Waals surface area contributed by atoms with Crippen molar-refractivity contribution < 1.29 is 14.3 Å². The minimum atomic E-state index is -0.609. The highest BCUT2D eigenvalue weighted by Gasteiger charge is 2.23. The lowest BCUT2D eigenvalue weighted by atomic mass is 10.0. The number of likely N-dealkylation sites (N-methyl/N-ethyl adjacent to an activating group) is 1. The molecule has 0 saturated heterocycles. The molecule has 2 unspecified atom stereocenters. The minimum Gasteiger partial charge on any atom is -0.469 e. The smallest absolute Gasteiger partial charge is 0.307 e. The van der Waals surface area contributed by atoms with Gasteiger partial charge in [0.25, 0.3) is 0 Å². The van der Waals surface area contributed by atoms with Crippen molar-refractivity contribution in [1.29, 1.82) is 0 Å². The van der Waals surface area contributed by atoms with Gasteiger partial charge in [0.15, 0.2) is 0 Å². The Kier molecular flexibility index (Phi) is 6.18. The van der Waals surface area contributed by atoms with Crippen LogP contribution in [0.1, 0.15) is 18.9 Å². The normalized spacial score (nSPS) is 13.4. The van der Waals surface area contributed by atoms with Crippen molar-refractivity contribution in [2.24, 2.45) is 5.73 Å². The van der Waals surface area contributed by atoms with Gasteiger partial charge in [-0.1, -0.05) is 30.3 Å². The summed E-state index contributed by atoms with van der Waals surface area (Å²) in [6.45, 7) is 1.80. The number of rotatable bonds is 6. The largest absolute Gasteiger partial charge is 0.469 e. The summed E-state index contributed by atoms with van der Waals surface area (Å²) in [6, 6.07) is 8.77. The van der Waals surface area contributed by atoms with Crippen molar-refractivity contribution in [3.63, 3.8) is 0 Å². The van der Waals surface area contributed by atoms with E-state index in [0.29, 0.717) is 6.42 Å². The zero-order chi connectivity index (χ0) is 15.1. The first-order valence-electron chi connectivity index (χ1n) is 6.58. The molecule has 0 aliphatic carbocycles. The van der Waals surface area contributed by atoms with Crippen LogP contribution in [0.2, 0.25) is 0 Å². The number of methoxy groups -OCH3 is 1. The molecule has 0 radical (unpaired) electrons. The van der Waals surface area contributed by atoms with Crippen molar-refractivity contribution in [2.75, 3.05) is 14.2 Å². The SMILES string of the molecule is COC(=O)CC(C)N(C)C(=O)C(N)Cc1ccccc1. The van der Waals surface area contributed by atoms with E-state index in [0.717, 1.165) is 5.56 Å². The molecule has 0 spiro atoms. The Labute approximate surface area is 119 Å². The minimum absolute atomic E-state index is 0.163. The van der Waals surface area contributed by atoms with Gasteiger partial charge in [-0.15, -0.1) is 0 Å². The number of hydrogen-bond acceptors (Lipinski definition) is 4. The van der Waals surface area contributed by atoms with Crippen molar-refractivity contribution in [1.82, 2.24) is 4.90 Å². The number of hydrogen-bond donors (Lipinski definition) is 1. The van der Waals surface area contributed by atoms with Crippen LogP contribution in [-0.4, -0.2) is 43.0 Å². The molecule has 20 heavy (non-hydrogen) atoms. The molecule has 1 rings (SSSR count). The summed E-state index contributed by atoms with van der Waals surface area (Å²) < 4.78 is 4.60. The fourth-order valence-corrected chi connectivity index (χ4v) is 1.90. The number of amides is 1. The Morgan fingerprint density at radius 2 is 1.90 bits per heavy atom. The van der Waals surface area contributed by atoms with E-state index in [-0.39, 0.29) is 24.3 Å². The van der Waals surface area contributed by atoms with E-state index in [1.165, 1.54) is 12.0 Å². The number of ether oxygens (including phenoxy) is 1. The molecule has 1 aromatic carbocycles. The van der Waals surface area contributed by atoms with Gasteiger partial charge in [0.1, 0.15) is 0 Å². The molecule has 0 aliphatic rings. The second kappa shape index (κ2) is 7.65. The van der Waals surface area contributed by atoms with Gasteiger partial charge in [0.05, 0.1) is 19.6 Å². The highest BCUT2D eigenvalue weighted by atomic mass is 16.5. The summed E-state index contributed by atoms with van der Waals surface area (Å²) in [5, 5.41) is 0. The first-order chi connectivity index (χ1) is 9.45. The molecule has 5 heteroatoms. The Balaban J connectivity index is 2.57. The molecule has 5 nitrogen and oxygen atoms in total. The van der Waals surface area contributed by atoms with E-state index in [4.69, 9.17) is 5.73 Å². The van der Waals surface area contributed by atoms with Crippen LogP contribution >= 0.6 is 0 Å². The lowest BCUT2D eigenvalue weighted by Crippen LogP contribution is -2.47. The predicted molar refractivity (Wildman–Crippen MR) is 77.0 cm³/mol. The highest BCUT2D eigenvalue weighted by Crippen LogP contribution is 2.08. The fraction of sp³-hybridized carbons (Fsp3) is 0.467. The molecular weight excluding hydrogens is 256 g/mol. The third-order valence-electron chi connectivity index (χ3n) is 3.31. The first-order valence-corrected chi connectivity index (χ1v) is 6.58. The van der Waals surface area contributed by atoms with Gasteiger partial charge in [-0.25, -0.2) is 0 Å². The molecule has 0 fully saturated rings.